The number of para-hydroxylation sites is 1. The van der Waals surface area contributed by atoms with Crippen molar-refractivity contribution in [3.63, 3.8) is 0 Å². The van der Waals surface area contributed by atoms with E-state index in [-0.39, 0.29) is 0 Å². The van der Waals surface area contributed by atoms with Crippen molar-refractivity contribution in [2.24, 2.45) is 0 Å². The molecule has 2 rings (SSSR count). The maximum atomic E-state index is 9.96. The topological polar surface area (TPSA) is 41.5 Å². The minimum absolute atomic E-state index is 0.346. The third-order valence-electron chi connectivity index (χ3n) is 3.40. The molecule has 0 aromatic heterocycles. The summed E-state index contributed by atoms with van der Waals surface area (Å²) in [4.78, 5) is 0. The first-order chi connectivity index (χ1) is 9.16. The van der Waals surface area contributed by atoms with E-state index in [9.17, 15) is 5.11 Å². The molecule has 106 valence electrons. The van der Waals surface area contributed by atoms with Gasteiger partial charge in [-0.25, -0.2) is 0 Å². The molecule has 1 aliphatic rings. The molecule has 1 aliphatic heterocycles. The van der Waals surface area contributed by atoms with Gasteiger partial charge >= 0.3 is 0 Å². The molecule has 1 heterocycles. The summed E-state index contributed by atoms with van der Waals surface area (Å²) in [6, 6.07) is 6.64. The standard InChI is InChI=1S/C15H23NO2S/c1-11-4-3-5-12(2)15(11)18-9-14(17)8-16-13-6-7-19-10-13/h3-5,13-14,16-17H,6-10H2,1-2H3. The lowest BCUT2D eigenvalue weighted by atomic mass is 10.1. The maximum Gasteiger partial charge on any atom is 0.125 e. The number of aliphatic hydroxyl groups excluding tert-OH is 1. The molecule has 3 nitrogen and oxygen atoms in total. The zero-order chi connectivity index (χ0) is 13.7. The molecule has 1 aromatic carbocycles. The van der Waals surface area contributed by atoms with Gasteiger partial charge in [-0.05, 0) is 37.1 Å². The first-order valence-corrected chi connectivity index (χ1v) is 8.00. The van der Waals surface area contributed by atoms with Gasteiger partial charge in [-0.1, -0.05) is 18.2 Å². The fourth-order valence-corrected chi connectivity index (χ4v) is 3.45. The second-order valence-electron chi connectivity index (χ2n) is 5.15. The van der Waals surface area contributed by atoms with Crippen LogP contribution in [0.4, 0.5) is 0 Å². The third-order valence-corrected chi connectivity index (χ3v) is 4.56. The number of hydrogen-bond acceptors (Lipinski definition) is 4. The van der Waals surface area contributed by atoms with E-state index in [0.29, 0.717) is 19.2 Å². The van der Waals surface area contributed by atoms with Gasteiger partial charge in [0.2, 0.25) is 0 Å². The molecule has 0 amide bonds. The van der Waals surface area contributed by atoms with Gasteiger partial charge < -0.3 is 15.2 Å². The van der Waals surface area contributed by atoms with Crippen LogP contribution < -0.4 is 10.1 Å². The second-order valence-corrected chi connectivity index (χ2v) is 6.30. The monoisotopic (exact) mass is 281 g/mol. The molecule has 1 saturated heterocycles. The summed E-state index contributed by atoms with van der Waals surface area (Å²) in [6.07, 6.45) is 0.749. The second kappa shape index (κ2) is 7.17. The van der Waals surface area contributed by atoms with Crippen LogP contribution in [0.2, 0.25) is 0 Å². The van der Waals surface area contributed by atoms with Crippen molar-refractivity contribution in [1.29, 1.82) is 0 Å². The van der Waals surface area contributed by atoms with Gasteiger partial charge in [-0.2, -0.15) is 11.8 Å². The van der Waals surface area contributed by atoms with Crippen LogP contribution in [0.25, 0.3) is 0 Å². The number of aryl methyl sites for hydroxylation is 2. The van der Waals surface area contributed by atoms with Gasteiger partial charge in [0.1, 0.15) is 18.5 Å². The summed E-state index contributed by atoms with van der Waals surface area (Å²) in [6.45, 7) is 5.01. The lowest BCUT2D eigenvalue weighted by Gasteiger charge is -2.18. The number of rotatable bonds is 6. The zero-order valence-corrected chi connectivity index (χ0v) is 12.5. The van der Waals surface area contributed by atoms with Gasteiger partial charge in [0.15, 0.2) is 0 Å². The van der Waals surface area contributed by atoms with Gasteiger partial charge in [-0.15, -0.1) is 0 Å². The van der Waals surface area contributed by atoms with Crippen LogP contribution in [-0.2, 0) is 0 Å². The zero-order valence-electron chi connectivity index (χ0n) is 11.7. The molecule has 0 radical (unpaired) electrons. The minimum Gasteiger partial charge on any atom is -0.490 e. The summed E-state index contributed by atoms with van der Waals surface area (Å²) < 4.78 is 5.75. The van der Waals surface area contributed by atoms with E-state index in [2.05, 4.69) is 5.32 Å². The summed E-state index contributed by atoms with van der Waals surface area (Å²) in [5.74, 6) is 3.29. The summed E-state index contributed by atoms with van der Waals surface area (Å²) >= 11 is 1.97. The number of thioether (sulfide) groups is 1. The first-order valence-electron chi connectivity index (χ1n) is 6.85. The SMILES string of the molecule is Cc1cccc(C)c1OCC(O)CNC1CCSC1. The van der Waals surface area contributed by atoms with Crippen LogP contribution in [0.3, 0.4) is 0 Å². The van der Waals surface area contributed by atoms with Crippen LogP contribution in [0.15, 0.2) is 18.2 Å². The highest BCUT2D eigenvalue weighted by Crippen LogP contribution is 2.22. The van der Waals surface area contributed by atoms with Crippen LogP contribution >= 0.6 is 11.8 Å². The highest BCUT2D eigenvalue weighted by Gasteiger charge is 2.16. The quantitative estimate of drug-likeness (QED) is 0.838. The van der Waals surface area contributed by atoms with E-state index in [0.717, 1.165) is 22.6 Å². The van der Waals surface area contributed by atoms with E-state index in [1.54, 1.807) is 0 Å². The van der Waals surface area contributed by atoms with Crippen molar-refractivity contribution in [2.45, 2.75) is 32.4 Å². The van der Waals surface area contributed by atoms with Crippen molar-refractivity contribution in [1.82, 2.24) is 5.32 Å². The molecule has 0 aliphatic carbocycles. The van der Waals surface area contributed by atoms with E-state index >= 15 is 0 Å². The van der Waals surface area contributed by atoms with E-state index in [1.165, 1.54) is 12.2 Å². The number of ether oxygens (including phenoxy) is 1. The van der Waals surface area contributed by atoms with Gasteiger partial charge in [0.05, 0.1) is 0 Å². The van der Waals surface area contributed by atoms with Crippen LogP contribution in [-0.4, -0.2) is 41.9 Å². The molecule has 19 heavy (non-hydrogen) atoms. The lowest BCUT2D eigenvalue weighted by Crippen LogP contribution is -2.38. The Morgan fingerprint density at radius 2 is 2.16 bits per heavy atom. The van der Waals surface area contributed by atoms with Crippen molar-refractivity contribution < 1.29 is 9.84 Å². The summed E-state index contributed by atoms with van der Waals surface area (Å²) in [5.41, 5.74) is 2.24. The normalized spacial score (nSPS) is 20.5. The van der Waals surface area contributed by atoms with Crippen molar-refractivity contribution >= 4 is 11.8 Å². The molecule has 1 fully saturated rings. The summed E-state index contributed by atoms with van der Waals surface area (Å²) in [5, 5.41) is 13.4. The molecule has 4 heteroatoms. The molecular formula is C15H23NO2S. The number of nitrogens with one attached hydrogen (secondary N) is 1. The molecule has 1 aromatic rings. The predicted octanol–water partition coefficient (Wildman–Crippen LogP) is 2.14. The van der Waals surface area contributed by atoms with Crippen molar-refractivity contribution in [3.05, 3.63) is 29.3 Å². The molecule has 2 atom stereocenters. The highest BCUT2D eigenvalue weighted by atomic mass is 32.2. The van der Waals surface area contributed by atoms with Gasteiger partial charge in [0.25, 0.3) is 0 Å². The smallest absolute Gasteiger partial charge is 0.125 e. The lowest BCUT2D eigenvalue weighted by molar-refractivity contribution is 0.103. The first kappa shape index (κ1) is 14.7. The Morgan fingerprint density at radius 3 is 2.79 bits per heavy atom. The average molecular weight is 281 g/mol. The Balaban J connectivity index is 1.75. The Kier molecular flexibility index (Phi) is 5.55. The Hall–Kier alpha value is -0.710. The third kappa shape index (κ3) is 4.41. The number of aliphatic hydroxyl groups is 1. The minimum atomic E-state index is -0.454. The molecule has 0 spiro atoms. The maximum absolute atomic E-state index is 9.96. The average Bonchev–Trinajstić information content (AvgIpc) is 2.89. The molecule has 2 unspecified atom stereocenters. The Labute approximate surface area is 119 Å². The van der Waals surface area contributed by atoms with E-state index in [1.807, 2.05) is 43.8 Å². The Morgan fingerprint density at radius 1 is 1.42 bits per heavy atom. The fourth-order valence-electron chi connectivity index (χ4n) is 2.26. The number of benzene rings is 1. The fraction of sp³-hybridized carbons (Fsp3) is 0.600. The van der Waals surface area contributed by atoms with Crippen LogP contribution in [0.5, 0.6) is 5.75 Å². The molecular weight excluding hydrogens is 258 g/mol. The molecule has 2 N–H and O–H groups in total. The Bertz CT molecular complexity index is 385. The highest BCUT2D eigenvalue weighted by molar-refractivity contribution is 7.99. The van der Waals surface area contributed by atoms with Crippen LogP contribution in [0.1, 0.15) is 17.5 Å². The van der Waals surface area contributed by atoms with Gasteiger partial charge in [-0.3, -0.25) is 0 Å². The van der Waals surface area contributed by atoms with Gasteiger partial charge in [0, 0.05) is 18.3 Å². The largest absolute Gasteiger partial charge is 0.490 e. The van der Waals surface area contributed by atoms with Crippen molar-refractivity contribution in [2.75, 3.05) is 24.7 Å². The molecule has 0 bridgehead atoms. The van der Waals surface area contributed by atoms with Crippen LogP contribution in [0, 0.1) is 13.8 Å². The van der Waals surface area contributed by atoms with Crippen molar-refractivity contribution in [3.8, 4) is 5.75 Å². The summed E-state index contributed by atoms with van der Waals surface area (Å²) in [7, 11) is 0. The molecule has 0 saturated carbocycles. The van der Waals surface area contributed by atoms with E-state index in [4.69, 9.17) is 4.74 Å². The predicted molar refractivity (Wildman–Crippen MR) is 81.2 cm³/mol. The van der Waals surface area contributed by atoms with E-state index < -0.39 is 6.10 Å². The number of hydrogen-bond donors (Lipinski definition) is 2.